The minimum absolute atomic E-state index is 0.0885. The number of piperazine rings is 1. The van der Waals surface area contributed by atoms with E-state index in [1.165, 1.54) is 11.8 Å². The van der Waals surface area contributed by atoms with Gasteiger partial charge in [0.15, 0.2) is 0 Å². The zero-order valence-electron chi connectivity index (χ0n) is 18.0. The van der Waals surface area contributed by atoms with Gasteiger partial charge in [-0.1, -0.05) is 29.0 Å². The van der Waals surface area contributed by atoms with Gasteiger partial charge in [-0.05, 0) is 50.2 Å². The Labute approximate surface area is 186 Å². The molecule has 0 N–H and O–H groups in total. The number of benzene rings is 2. The van der Waals surface area contributed by atoms with E-state index in [0.717, 1.165) is 41.2 Å². The molecule has 4 rings (SSSR count). The molecule has 2 aromatic carbocycles. The molecule has 1 aliphatic rings. The number of amides is 1. The van der Waals surface area contributed by atoms with Crippen LogP contribution >= 0.6 is 11.8 Å². The van der Waals surface area contributed by atoms with Gasteiger partial charge in [-0.15, -0.1) is 10.2 Å². The van der Waals surface area contributed by atoms with Crippen molar-refractivity contribution in [2.45, 2.75) is 19.1 Å². The first-order valence-corrected chi connectivity index (χ1v) is 11.2. The minimum atomic E-state index is 0.0885. The number of carbonyl (C=O) groups is 1. The van der Waals surface area contributed by atoms with Crippen molar-refractivity contribution in [1.82, 2.24) is 15.1 Å². The van der Waals surface area contributed by atoms with Crippen LogP contribution in [-0.2, 0) is 4.79 Å². The van der Waals surface area contributed by atoms with Gasteiger partial charge in [-0.25, -0.2) is 0 Å². The summed E-state index contributed by atoms with van der Waals surface area (Å²) >= 11 is 1.29. The van der Waals surface area contributed by atoms with Crippen molar-refractivity contribution >= 4 is 23.4 Å². The molecule has 0 atom stereocenters. The SMILES string of the molecule is COc1ccc(N2CCN(C(=O)CSc3nnc(-c4cc(C)cc(C)c4)o3)CC2)cc1. The number of aromatic nitrogens is 2. The van der Waals surface area contributed by atoms with Gasteiger partial charge in [0.1, 0.15) is 5.75 Å². The van der Waals surface area contributed by atoms with E-state index < -0.39 is 0 Å². The van der Waals surface area contributed by atoms with Crippen LogP contribution in [0.1, 0.15) is 11.1 Å². The maximum atomic E-state index is 12.6. The zero-order valence-corrected chi connectivity index (χ0v) is 18.8. The second kappa shape index (κ2) is 9.43. The summed E-state index contributed by atoms with van der Waals surface area (Å²) in [6.45, 7) is 7.08. The average Bonchev–Trinajstić information content (AvgIpc) is 3.26. The lowest BCUT2D eigenvalue weighted by Crippen LogP contribution is -2.49. The van der Waals surface area contributed by atoms with E-state index in [1.807, 2.05) is 43.0 Å². The van der Waals surface area contributed by atoms with E-state index in [9.17, 15) is 4.79 Å². The number of rotatable bonds is 6. The van der Waals surface area contributed by atoms with Crippen molar-refractivity contribution in [2.75, 3.05) is 43.9 Å². The lowest BCUT2D eigenvalue weighted by molar-refractivity contribution is -0.128. The van der Waals surface area contributed by atoms with Crippen LogP contribution in [0.4, 0.5) is 5.69 Å². The highest BCUT2D eigenvalue weighted by atomic mass is 32.2. The molecule has 3 aromatic rings. The number of carbonyl (C=O) groups excluding carboxylic acids is 1. The summed E-state index contributed by atoms with van der Waals surface area (Å²) in [5.41, 5.74) is 4.34. The Hall–Kier alpha value is -3.00. The Morgan fingerprint density at radius 3 is 2.35 bits per heavy atom. The fourth-order valence-electron chi connectivity index (χ4n) is 3.70. The molecule has 1 saturated heterocycles. The Morgan fingerprint density at radius 2 is 1.71 bits per heavy atom. The quantitative estimate of drug-likeness (QED) is 0.542. The van der Waals surface area contributed by atoms with Gasteiger partial charge in [0.05, 0.1) is 12.9 Å². The van der Waals surface area contributed by atoms with Crippen LogP contribution in [0.2, 0.25) is 0 Å². The highest BCUT2D eigenvalue weighted by molar-refractivity contribution is 7.99. The molecule has 0 spiro atoms. The van der Waals surface area contributed by atoms with Gasteiger partial charge in [0.25, 0.3) is 5.22 Å². The fourth-order valence-corrected chi connectivity index (χ4v) is 4.37. The van der Waals surface area contributed by atoms with Crippen LogP contribution in [0.25, 0.3) is 11.5 Å². The maximum Gasteiger partial charge on any atom is 0.277 e. The number of methoxy groups -OCH3 is 1. The van der Waals surface area contributed by atoms with Crippen LogP contribution in [0.5, 0.6) is 5.75 Å². The zero-order chi connectivity index (χ0) is 21.8. The van der Waals surface area contributed by atoms with Crippen LogP contribution in [-0.4, -0.2) is 60.0 Å². The molecule has 8 heteroatoms. The number of anilines is 1. The Bertz CT molecular complexity index is 1020. The van der Waals surface area contributed by atoms with E-state index >= 15 is 0 Å². The standard InChI is InChI=1S/C23H26N4O3S/c1-16-12-17(2)14-18(13-16)22-24-25-23(30-22)31-15-21(28)27-10-8-26(9-11-27)19-4-6-20(29-3)7-5-19/h4-7,12-14H,8-11,15H2,1-3H3. The number of nitrogens with zero attached hydrogens (tertiary/aromatic N) is 4. The van der Waals surface area contributed by atoms with Gasteiger partial charge in [-0.3, -0.25) is 4.79 Å². The lowest BCUT2D eigenvalue weighted by atomic mass is 10.1. The number of hydrogen-bond acceptors (Lipinski definition) is 7. The largest absolute Gasteiger partial charge is 0.497 e. The molecule has 162 valence electrons. The van der Waals surface area contributed by atoms with Crippen LogP contribution in [0.15, 0.2) is 52.1 Å². The van der Waals surface area contributed by atoms with Gasteiger partial charge in [0, 0.05) is 37.4 Å². The average molecular weight is 439 g/mol. The van der Waals surface area contributed by atoms with Crippen molar-refractivity contribution in [2.24, 2.45) is 0 Å². The summed E-state index contributed by atoms with van der Waals surface area (Å²) in [4.78, 5) is 16.8. The Kier molecular flexibility index (Phi) is 6.46. The van der Waals surface area contributed by atoms with E-state index in [1.54, 1.807) is 7.11 Å². The summed E-state index contributed by atoms with van der Waals surface area (Å²) in [5.74, 6) is 1.70. The number of aryl methyl sites for hydroxylation is 2. The predicted molar refractivity (Wildman–Crippen MR) is 122 cm³/mol. The molecule has 1 aromatic heterocycles. The first-order valence-electron chi connectivity index (χ1n) is 10.2. The third-order valence-electron chi connectivity index (χ3n) is 5.26. The smallest absolute Gasteiger partial charge is 0.277 e. The molecule has 7 nitrogen and oxygen atoms in total. The third kappa shape index (κ3) is 5.19. The minimum Gasteiger partial charge on any atom is -0.497 e. The van der Waals surface area contributed by atoms with Crippen molar-refractivity contribution in [3.05, 3.63) is 53.6 Å². The van der Waals surface area contributed by atoms with Crippen LogP contribution < -0.4 is 9.64 Å². The lowest BCUT2D eigenvalue weighted by Gasteiger charge is -2.36. The summed E-state index contributed by atoms with van der Waals surface area (Å²) in [6, 6.07) is 14.2. The van der Waals surface area contributed by atoms with Gasteiger partial charge in [-0.2, -0.15) is 0 Å². The van der Waals surface area contributed by atoms with Crippen LogP contribution in [0, 0.1) is 13.8 Å². The first-order chi connectivity index (χ1) is 15.0. The Morgan fingerprint density at radius 1 is 1.03 bits per heavy atom. The van der Waals surface area contributed by atoms with E-state index in [2.05, 4.69) is 33.3 Å². The molecule has 31 heavy (non-hydrogen) atoms. The third-order valence-corrected chi connectivity index (χ3v) is 6.07. The van der Waals surface area contributed by atoms with E-state index in [-0.39, 0.29) is 11.7 Å². The predicted octanol–water partition coefficient (Wildman–Crippen LogP) is 3.80. The van der Waals surface area contributed by atoms with Gasteiger partial charge >= 0.3 is 0 Å². The molecule has 0 saturated carbocycles. The molecule has 1 aliphatic heterocycles. The van der Waals surface area contributed by atoms with Gasteiger partial charge < -0.3 is 19.0 Å². The summed E-state index contributed by atoms with van der Waals surface area (Å²) in [5, 5.41) is 8.64. The molecule has 2 heterocycles. The van der Waals surface area contributed by atoms with Crippen molar-refractivity contribution in [3.63, 3.8) is 0 Å². The number of hydrogen-bond donors (Lipinski definition) is 0. The molecule has 1 amide bonds. The van der Waals surface area contributed by atoms with Crippen LogP contribution in [0.3, 0.4) is 0 Å². The molecular formula is C23H26N4O3S. The molecular weight excluding hydrogens is 412 g/mol. The maximum absolute atomic E-state index is 12.6. The topological polar surface area (TPSA) is 71.7 Å². The normalized spacial score (nSPS) is 14.0. The molecule has 1 fully saturated rings. The number of ether oxygens (including phenoxy) is 1. The molecule has 0 bridgehead atoms. The molecule has 0 aliphatic carbocycles. The van der Waals surface area contributed by atoms with Crippen molar-refractivity contribution in [1.29, 1.82) is 0 Å². The highest BCUT2D eigenvalue weighted by Gasteiger charge is 2.22. The first kappa shape index (κ1) is 21.2. The molecule has 0 unspecified atom stereocenters. The van der Waals surface area contributed by atoms with Gasteiger partial charge in [0.2, 0.25) is 11.8 Å². The van der Waals surface area contributed by atoms with Crippen molar-refractivity contribution in [3.8, 4) is 17.2 Å². The van der Waals surface area contributed by atoms with E-state index in [0.29, 0.717) is 24.2 Å². The summed E-state index contributed by atoms with van der Waals surface area (Å²) in [7, 11) is 1.66. The molecule has 0 radical (unpaired) electrons. The fraction of sp³-hybridized carbons (Fsp3) is 0.348. The van der Waals surface area contributed by atoms with Crippen molar-refractivity contribution < 1.29 is 13.9 Å². The summed E-state index contributed by atoms with van der Waals surface area (Å²) in [6.07, 6.45) is 0. The number of thioether (sulfide) groups is 1. The second-order valence-corrected chi connectivity index (χ2v) is 8.53. The second-order valence-electron chi connectivity index (χ2n) is 7.60. The Balaban J connectivity index is 1.28. The monoisotopic (exact) mass is 438 g/mol. The van der Waals surface area contributed by atoms with E-state index in [4.69, 9.17) is 9.15 Å². The highest BCUT2D eigenvalue weighted by Crippen LogP contribution is 2.25. The summed E-state index contributed by atoms with van der Waals surface area (Å²) < 4.78 is 11.0.